The molecule has 1 amide bonds. The summed E-state index contributed by atoms with van der Waals surface area (Å²) >= 11 is 0. The van der Waals surface area contributed by atoms with Crippen LogP contribution >= 0.6 is 0 Å². The number of hydrogen-bond donors (Lipinski definition) is 0. The van der Waals surface area contributed by atoms with Crippen LogP contribution < -0.4 is 0 Å². The minimum Gasteiger partial charge on any atom is -0.374 e. The first-order valence-electron chi connectivity index (χ1n) is 9.59. The first-order valence-corrected chi connectivity index (χ1v) is 9.59. The Kier molecular flexibility index (Phi) is 5.02. The second-order valence-electron chi connectivity index (χ2n) is 7.25. The van der Waals surface area contributed by atoms with E-state index in [9.17, 15) is 4.79 Å². The maximum Gasteiger partial charge on any atom is 0.222 e. The number of ether oxygens (including phenoxy) is 1. The van der Waals surface area contributed by atoms with Crippen molar-refractivity contribution in [3.63, 3.8) is 0 Å². The van der Waals surface area contributed by atoms with Gasteiger partial charge >= 0.3 is 0 Å². The van der Waals surface area contributed by atoms with Gasteiger partial charge in [-0.05, 0) is 24.3 Å². The average molecular weight is 354 g/mol. The Balaban J connectivity index is 1.50. The Labute approximate surface area is 154 Å². The Morgan fingerprint density at radius 1 is 1.27 bits per heavy atom. The zero-order valence-corrected chi connectivity index (χ0v) is 15.3. The van der Waals surface area contributed by atoms with E-state index < -0.39 is 0 Å². The van der Waals surface area contributed by atoms with Gasteiger partial charge in [-0.15, -0.1) is 5.10 Å². The van der Waals surface area contributed by atoms with Crippen molar-refractivity contribution in [1.29, 1.82) is 0 Å². The van der Waals surface area contributed by atoms with E-state index in [2.05, 4.69) is 15.0 Å². The van der Waals surface area contributed by atoms with Crippen molar-refractivity contribution in [1.82, 2.24) is 19.9 Å². The molecule has 0 spiro atoms. The normalized spacial score (nSPS) is 19.4. The number of rotatable bonds is 7. The highest BCUT2D eigenvalue weighted by Crippen LogP contribution is 2.33. The van der Waals surface area contributed by atoms with Crippen molar-refractivity contribution < 1.29 is 9.53 Å². The second-order valence-corrected chi connectivity index (χ2v) is 7.25. The number of amides is 1. The van der Waals surface area contributed by atoms with Crippen LogP contribution in [0.15, 0.2) is 30.3 Å². The predicted molar refractivity (Wildman–Crippen MR) is 97.3 cm³/mol. The molecular weight excluding hydrogens is 328 g/mol. The van der Waals surface area contributed by atoms with Crippen LogP contribution in [0.25, 0.3) is 0 Å². The number of nitrogens with zero attached hydrogens (tertiary/aromatic N) is 4. The van der Waals surface area contributed by atoms with Crippen LogP contribution in [0.4, 0.5) is 0 Å². The summed E-state index contributed by atoms with van der Waals surface area (Å²) < 4.78 is 8.03. The summed E-state index contributed by atoms with van der Waals surface area (Å²) in [6.45, 7) is 4.58. The lowest BCUT2D eigenvalue weighted by Gasteiger charge is -2.34. The Bertz CT molecular complexity index is 754. The van der Waals surface area contributed by atoms with E-state index in [1.165, 1.54) is 18.5 Å². The molecule has 4 rings (SSSR count). The molecule has 0 saturated heterocycles. The van der Waals surface area contributed by atoms with E-state index in [-0.39, 0.29) is 11.9 Å². The van der Waals surface area contributed by atoms with Crippen LogP contribution in [0, 0.1) is 5.92 Å². The molecule has 1 saturated carbocycles. The van der Waals surface area contributed by atoms with Crippen LogP contribution in [0.3, 0.4) is 0 Å². The summed E-state index contributed by atoms with van der Waals surface area (Å²) in [5.74, 6) is 0.907. The topological polar surface area (TPSA) is 60.2 Å². The van der Waals surface area contributed by atoms with Crippen molar-refractivity contribution in [2.75, 3.05) is 13.2 Å². The summed E-state index contributed by atoms with van der Waals surface area (Å²) in [5, 5.41) is 8.84. The third kappa shape index (κ3) is 3.65. The predicted octanol–water partition coefficient (Wildman–Crippen LogP) is 2.74. The van der Waals surface area contributed by atoms with Gasteiger partial charge in [-0.1, -0.05) is 42.5 Å². The van der Waals surface area contributed by atoms with Gasteiger partial charge in [0, 0.05) is 25.9 Å². The Morgan fingerprint density at radius 2 is 2.08 bits per heavy atom. The standard InChI is InChI=1S/C20H26N4O2/c1-2-19(25)23-11-10-17-20(21-22-24(17)12-15-8-9-15)18(23)14-26-13-16-6-4-3-5-7-16/h3-7,15,18H,2,8-14H2,1H3. The first kappa shape index (κ1) is 17.2. The molecule has 1 aliphatic heterocycles. The SMILES string of the molecule is CCC(=O)N1CCc2c(nnn2CC2CC2)C1COCc1ccccc1. The molecule has 6 heteroatoms. The largest absolute Gasteiger partial charge is 0.374 e. The van der Waals surface area contributed by atoms with E-state index in [1.807, 2.05) is 42.2 Å². The van der Waals surface area contributed by atoms with Gasteiger partial charge in [0.1, 0.15) is 11.7 Å². The lowest BCUT2D eigenvalue weighted by atomic mass is 10.0. The molecule has 1 fully saturated rings. The van der Waals surface area contributed by atoms with Gasteiger partial charge in [0.2, 0.25) is 5.91 Å². The van der Waals surface area contributed by atoms with Crippen LogP contribution in [0.1, 0.15) is 49.2 Å². The minimum atomic E-state index is -0.136. The average Bonchev–Trinajstić information content (AvgIpc) is 3.40. The number of hydrogen-bond acceptors (Lipinski definition) is 4. The lowest BCUT2D eigenvalue weighted by Crippen LogP contribution is -2.42. The smallest absolute Gasteiger partial charge is 0.222 e. The molecule has 1 aromatic heterocycles. The molecule has 1 aliphatic carbocycles. The first-order chi connectivity index (χ1) is 12.8. The number of carbonyl (C=O) groups excluding carboxylic acids is 1. The minimum absolute atomic E-state index is 0.136. The van der Waals surface area contributed by atoms with Gasteiger partial charge in [0.25, 0.3) is 0 Å². The molecule has 26 heavy (non-hydrogen) atoms. The molecule has 138 valence electrons. The lowest BCUT2D eigenvalue weighted by molar-refractivity contribution is -0.135. The highest BCUT2D eigenvalue weighted by atomic mass is 16.5. The molecule has 1 aromatic carbocycles. The number of carbonyl (C=O) groups is 1. The molecule has 1 unspecified atom stereocenters. The fraction of sp³-hybridized carbons (Fsp3) is 0.550. The number of fused-ring (bicyclic) bond motifs is 1. The van der Waals surface area contributed by atoms with Crippen LogP contribution in [-0.4, -0.2) is 39.0 Å². The molecule has 2 aromatic rings. The van der Waals surface area contributed by atoms with Crippen LogP contribution in [0.2, 0.25) is 0 Å². The van der Waals surface area contributed by atoms with E-state index >= 15 is 0 Å². The molecule has 0 N–H and O–H groups in total. The van der Waals surface area contributed by atoms with E-state index in [0.717, 1.165) is 36.7 Å². The van der Waals surface area contributed by atoms with E-state index in [0.29, 0.717) is 19.6 Å². The monoisotopic (exact) mass is 354 g/mol. The van der Waals surface area contributed by atoms with E-state index in [4.69, 9.17) is 4.74 Å². The van der Waals surface area contributed by atoms with Crippen molar-refractivity contribution >= 4 is 5.91 Å². The molecule has 6 nitrogen and oxygen atoms in total. The molecule has 0 radical (unpaired) electrons. The third-order valence-electron chi connectivity index (χ3n) is 5.29. The Morgan fingerprint density at radius 3 is 2.81 bits per heavy atom. The van der Waals surface area contributed by atoms with E-state index in [1.54, 1.807) is 0 Å². The molecular formula is C20H26N4O2. The summed E-state index contributed by atoms with van der Waals surface area (Å²) in [4.78, 5) is 14.4. The summed E-state index contributed by atoms with van der Waals surface area (Å²) in [6, 6.07) is 9.97. The fourth-order valence-corrected chi connectivity index (χ4v) is 3.62. The van der Waals surface area contributed by atoms with Crippen molar-refractivity contribution in [2.45, 2.75) is 51.8 Å². The van der Waals surface area contributed by atoms with Crippen LogP contribution in [-0.2, 0) is 29.1 Å². The maximum atomic E-state index is 12.4. The van der Waals surface area contributed by atoms with Crippen molar-refractivity contribution in [3.8, 4) is 0 Å². The number of benzene rings is 1. The quantitative estimate of drug-likeness (QED) is 0.767. The second kappa shape index (κ2) is 7.58. The van der Waals surface area contributed by atoms with Gasteiger partial charge < -0.3 is 9.64 Å². The summed E-state index contributed by atoms with van der Waals surface area (Å²) in [7, 11) is 0. The zero-order chi connectivity index (χ0) is 17.9. The van der Waals surface area contributed by atoms with Crippen molar-refractivity contribution in [2.24, 2.45) is 5.92 Å². The van der Waals surface area contributed by atoms with Gasteiger partial charge in [-0.25, -0.2) is 4.68 Å². The molecule has 2 heterocycles. The molecule has 0 bridgehead atoms. The third-order valence-corrected chi connectivity index (χ3v) is 5.29. The summed E-state index contributed by atoms with van der Waals surface area (Å²) in [5.41, 5.74) is 3.24. The van der Waals surface area contributed by atoms with Crippen molar-refractivity contribution in [3.05, 3.63) is 47.3 Å². The van der Waals surface area contributed by atoms with Gasteiger partial charge in [0.05, 0.1) is 18.9 Å². The Hall–Kier alpha value is -2.21. The number of aromatic nitrogens is 3. The van der Waals surface area contributed by atoms with Crippen LogP contribution in [0.5, 0.6) is 0 Å². The van der Waals surface area contributed by atoms with Gasteiger partial charge in [-0.2, -0.15) is 0 Å². The fourth-order valence-electron chi connectivity index (χ4n) is 3.62. The summed E-state index contributed by atoms with van der Waals surface area (Å²) in [6.07, 6.45) is 3.91. The highest BCUT2D eigenvalue weighted by Gasteiger charge is 2.35. The maximum absolute atomic E-state index is 12.4. The van der Waals surface area contributed by atoms with Gasteiger partial charge in [-0.3, -0.25) is 4.79 Å². The van der Waals surface area contributed by atoms with Gasteiger partial charge in [0.15, 0.2) is 0 Å². The zero-order valence-electron chi connectivity index (χ0n) is 15.3. The highest BCUT2D eigenvalue weighted by molar-refractivity contribution is 5.76. The molecule has 2 aliphatic rings. The molecule has 1 atom stereocenters.